The number of fused-ring (bicyclic) bond motifs is 1. The van der Waals surface area contributed by atoms with Crippen LogP contribution in [0.4, 0.5) is 0 Å². The predicted octanol–water partition coefficient (Wildman–Crippen LogP) is 3.47. The van der Waals surface area contributed by atoms with E-state index in [9.17, 15) is 4.79 Å². The fourth-order valence-corrected chi connectivity index (χ4v) is 2.59. The van der Waals surface area contributed by atoms with Crippen molar-refractivity contribution in [1.82, 2.24) is 0 Å². The summed E-state index contributed by atoms with van der Waals surface area (Å²) < 4.78 is 11.8. The highest BCUT2D eigenvalue weighted by Crippen LogP contribution is 2.48. The number of rotatable bonds is 4. The summed E-state index contributed by atoms with van der Waals surface area (Å²) in [5.74, 6) is 2.03. The van der Waals surface area contributed by atoms with E-state index in [1.807, 2.05) is 19.1 Å². The Bertz CT molecular complexity index is 543. The average molecular weight is 258 g/mol. The first-order valence-electron chi connectivity index (χ1n) is 6.80. The zero-order valence-electron chi connectivity index (χ0n) is 11.3. The third-order valence-corrected chi connectivity index (χ3v) is 3.85. The molecule has 3 nitrogen and oxygen atoms in total. The van der Waals surface area contributed by atoms with Crippen molar-refractivity contribution in [3.8, 4) is 11.5 Å². The zero-order chi connectivity index (χ0) is 13.5. The monoisotopic (exact) mass is 258 g/mol. The van der Waals surface area contributed by atoms with Crippen molar-refractivity contribution in [2.45, 2.75) is 32.3 Å². The van der Waals surface area contributed by atoms with Gasteiger partial charge in [0.25, 0.3) is 0 Å². The van der Waals surface area contributed by atoms with Gasteiger partial charge in [-0.3, -0.25) is 4.79 Å². The molecular weight excluding hydrogens is 240 g/mol. The first kappa shape index (κ1) is 12.3. The number of benzene rings is 1. The zero-order valence-corrected chi connectivity index (χ0v) is 11.3. The molecule has 0 radical (unpaired) electrons. The van der Waals surface area contributed by atoms with Gasteiger partial charge < -0.3 is 9.47 Å². The van der Waals surface area contributed by atoms with Gasteiger partial charge in [-0.2, -0.15) is 0 Å². The first-order valence-corrected chi connectivity index (χ1v) is 6.80. The number of hydrogen-bond donors (Lipinski definition) is 0. The summed E-state index contributed by atoms with van der Waals surface area (Å²) in [5.41, 5.74) is 1.30. The van der Waals surface area contributed by atoms with Gasteiger partial charge in [0, 0.05) is 17.0 Å². The minimum Gasteiger partial charge on any atom is -0.490 e. The lowest BCUT2D eigenvalue weighted by molar-refractivity contribution is 0.107. The maximum absolute atomic E-state index is 11.0. The lowest BCUT2D eigenvalue weighted by Gasteiger charge is -2.32. The molecule has 100 valence electrons. The van der Waals surface area contributed by atoms with Gasteiger partial charge in [-0.1, -0.05) is 6.08 Å². The van der Waals surface area contributed by atoms with Crippen molar-refractivity contribution < 1.29 is 14.3 Å². The highest BCUT2D eigenvalue weighted by Gasteiger charge is 2.43. The molecule has 0 spiro atoms. The molecular formula is C16H18O3. The van der Waals surface area contributed by atoms with Crippen molar-refractivity contribution in [2.75, 3.05) is 6.61 Å². The SMILES string of the molecule is CCOc1cc(C=O)cc2c1OC(C)(C1CC1)C=C2. The van der Waals surface area contributed by atoms with Crippen LogP contribution in [-0.4, -0.2) is 18.5 Å². The number of hydrogen-bond acceptors (Lipinski definition) is 3. The topological polar surface area (TPSA) is 35.5 Å². The molecule has 1 aliphatic heterocycles. The normalized spacial score (nSPS) is 24.5. The average Bonchev–Trinajstić information content (AvgIpc) is 3.24. The van der Waals surface area contributed by atoms with Crippen LogP contribution in [0, 0.1) is 5.92 Å². The highest BCUT2D eigenvalue weighted by atomic mass is 16.5. The largest absolute Gasteiger partial charge is 0.490 e. The minimum atomic E-state index is -0.235. The third-order valence-electron chi connectivity index (χ3n) is 3.85. The van der Waals surface area contributed by atoms with Crippen LogP contribution < -0.4 is 9.47 Å². The Morgan fingerprint density at radius 2 is 2.26 bits per heavy atom. The predicted molar refractivity (Wildman–Crippen MR) is 73.8 cm³/mol. The lowest BCUT2D eigenvalue weighted by atomic mass is 9.94. The quantitative estimate of drug-likeness (QED) is 0.776. The molecule has 1 atom stereocenters. The van der Waals surface area contributed by atoms with Crippen LogP contribution >= 0.6 is 0 Å². The Kier molecular flexibility index (Phi) is 2.85. The van der Waals surface area contributed by atoms with Crippen LogP contribution in [-0.2, 0) is 0 Å². The molecule has 0 bridgehead atoms. The van der Waals surface area contributed by atoms with Gasteiger partial charge in [0.05, 0.1) is 6.61 Å². The minimum absolute atomic E-state index is 0.235. The van der Waals surface area contributed by atoms with Crippen LogP contribution in [0.1, 0.15) is 42.6 Å². The van der Waals surface area contributed by atoms with E-state index in [2.05, 4.69) is 13.0 Å². The molecule has 19 heavy (non-hydrogen) atoms. The Morgan fingerprint density at radius 1 is 1.47 bits per heavy atom. The summed E-state index contributed by atoms with van der Waals surface area (Å²) in [5, 5.41) is 0. The van der Waals surface area contributed by atoms with E-state index in [4.69, 9.17) is 9.47 Å². The van der Waals surface area contributed by atoms with Crippen LogP contribution in [0.3, 0.4) is 0 Å². The number of carbonyl (C=O) groups excluding carboxylic acids is 1. The van der Waals surface area contributed by atoms with E-state index in [1.165, 1.54) is 12.8 Å². The van der Waals surface area contributed by atoms with Crippen LogP contribution in [0.5, 0.6) is 11.5 Å². The molecule has 2 aliphatic rings. The number of aldehydes is 1. The number of carbonyl (C=O) groups is 1. The molecule has 1 fully saturated rings. The number of ether oxygens (including phenoxy) is 2. The molecule has 0 saturated heterocycles. The molecule has 3 heteroatoms. The molecule has 0 amide bonds. The smallest absolute Gasteiger partial charge is 0.169 e. The Balaban J connectivity index is 2.04. The highest BCUT2D eigenvalue weighted by molar-refractivity contribution is 5.80. The maximum Gasteiger partial charge on any atom is 0.169 e. The molecule has 1 aliphatic carbocycles. The van der Waals surface area contributed by atoms with E-state index >= 15 is 0 Å². The van der Waals surface area contributed by atoms with Crippen molar-refractivity contribution >= 4 is 12.4 Å². The van der Waals surface area contributed by atoms with E-state index in [-0.39, 0.29) is 5.60 Å². The van der Waals surface area contributed by atoms with Crippen LogP contribution in [0.15, 0.2) is 18.2 Å². The van der Waals surface area contributed by atoms with Crippen molar-refractivity contribution in [1.29, 1.82) is 0 Å². The van der Waals surface area contributed by atoms with Gasteiger partial charge >= 0.3 is 0 Å². The van der Waals surface area contributed by atoms with Gasteiger partial charge in [-0.05, 0) is 44.9 Å². The summed E-state index contributed by atoms with van der Waals surface area (Å²) in [7, 11) is 0. The van der Waals surface area contributed by atoms with Gasteiger partial charge in [0.1, 0.15) is 11.9 Å². The summed E-state index contributed by atoms with van der Waals surface area (Å²) in [6.45, 7) is 4.61. The van der Waals surface area contributed by atoms with Gasteiger partial charge in [-0.15, -0.1) is 0 Å². The first-order chi connectivity index (χ1) is 9.16. The Hall–Kier alpha value is -1.77. The molecule has 1 saturated carbocycles. The fraction of sp³-hybridized carbons (Fsp3) is 0.438. The molecule has 0 N–H and O–H groups in total. The van der Waals surface area contributed by atoms with E-state index in [0.717, 1.165) is 17.6 Å². The Morgan fingerprint density at radius 3 is 2.89 bits per heavy atom. The standard InChI is InChI=1S/C16H18O3/c1-3-18-14-9-11(10-17)8-12-6-7-16(2,13-4-5-13)19-15(12)14/h6-10,13H,3-5H2,1-2H3. The van der Waals surface area contributed by atoms with E-state index in [0.29, 0.717) is 23.8 Å². The second kappa shape index (κ2) is 4.41. The summed E-state index contributed by atoms with van der Waals surface area (Å²) in [4.78, 5) is 11.0. The molecule has 1 aromatic carbocycles. The van der Waals surface area contributed by atoms with Crippen molar-refractivity contribution in [2.24, 2.45) is 5.92 Å². The molecule has 1 aromatic rings. The van der Waals surface area contributed by atoms with Crippen LogP contribution in [0.25, 0.3) is 6.08 Å². The molecule has 1 unspecified atom stereocenters. The molecule has 0 aromatic heterocycles. The van der Waals surface area contributed by atoms with Crippen LogP contribution in [0.2, 0.25) is 0 Å². The Labute approximate surface area is 113 Å². The molecule has 3 rings (SSSR count). The van der Waals surface area contributed by atoms with Gasteiger partial charge in [-0.25, -0.2) is 0 Å². The maximum atomic E-state index is 11.0. The van der Waals surface area contributed by atoms with Gasteiger partial charge in [0.15, 0.2) is 11.5 Å². The van der Waals surface area contributed by atoms with E-state index in [1.54, 1.807) is 6.07 Å². The lowest BCUT2D eigenvalue weighted by Crippen LogP contribution is -2.34. The summed E-state index contributed by atoms with van der Waals surface area (Å²) in [6.07, 6.45) is 7.43. The van der Waals surface area contributed by atoms with Crippen molar-refractivity contribution in [3.63, 3.8) is 0 Å². The second-order valence-corrected chi connectivity index (χ2v) is 5.38. The van der Waals surface area contributed by atoms with E-state index < -0.39 is 0 Å². The third kappa shape index (κ3) is 2.14. The van der Waals surface area contributed by atoms with Gasteiger partial charge in [0.2, 0.25) is 0 Å². The second-order valence-electron chi connectivity index (χ2n) is 5.38. The summed E-state index contributed by atoms with van der Waals surface area (Å²) in [6, 6.07) is 3.59. The van der Waals surface area contributed by atoms with Crippen molar-refractivity contribution in [3.05, 3.63) is 29.3 Å². The fourth-order valence-electron chi connectivity index (χ4n) is 2.59. The molecule has 1 heterocycles. The summed E-state index contributed by atoms with van der Waals surface area (Å²) >= 11 is 0.